The number of rotatable bonds is 3. The van der Waals surface area contributed by atoms with Gasteiger partial charge in [-0.15, -0.1) is 0 Å². The number of nitrogens with two attached hydrogens (primary N) is 1. The Balaban J connectivity index is 2.50. The number of carboxylic acids is 1. The summed E-state index contributed by atoms with van der Waals surface area (Å²) in [4.78, 5) is 11.9. The van der Waals surface area contributed by atoms with Gasteiger partial charge in [0.25, 0.3) is 0 Å². The highest BCUT2D eigenvalue weighted by Gasteiger charge is 2.45. The standard InChI is InChI=1S/C15H21NO3/c1-3-11-9-15(14(17)18,6-7-19-11)12-8-10(2)4-5-13(12)16/h4-5,8,11H,3,6-7,9,16H2,1-2H3,(H,17,18). The van der Waals surface area contributed by atoms with E-state index in [4.69, 9.17) is 10.5 Å². The summed E-state index contributed by atoms with van der Waals surface area (Å²) in [5, 5.41) is 9.76. The molecule has 1 saturated heterocycles. The summed E-state index contributed by atoms with van der Waals surface area (Å²) in [6.45, 7) is 4.44. The number of nitrogen functional groups attached to an aromatic ring is 1. The summed E-state index contributed by atoms with van der Waals surface area (Å²) < 4.78 is 5.62. The maximum Gasteiger partial charge on any atom is 0.314 e. The highest BCUT2D eigenvalue weighted by Crippen LogP contribution is 2.41. The third-order valence-electron chi connectivity index (χ3n) is 4.05. The Morgan fingerprint density at radius 2 is 2.32 bits per heavy atom. The predicted molar refractivity (Wildman–Crippen MR) is 74.2 cm³/mol. The van der Waals surface area contributed by atoms with E-state index in [1.807, 2.05) is 26.0 Å². The second-order valence-electron chi connectivity index (χ2n) is 5.33. The number of hydrogen-bond donors (Lipinski definition) is 2. The average Bonchev–Trinajstić information content (AvgIpc) is 2.41. The predicted octanol–water partition coefficient (Wildman–Crippen LogP) is 2.49. The summed E-state index contributed by atoms with van der Waals surface area (Å²) in [6.07, 6.45) is 1.78. The molecule has 2 atom stereocenters. The first kappa shape index (κ1) is 13.9. The lowest BCUT2D eigenvalue weighted by Gasteiger charge is -2.38. The van der Waals surface area contributed by atoms with Gasteiger partial charge in [-0.25, -0.2) is 0 Å². The first-order valence-corrected chi connectivity index (χ1v) is 6.71. The van der Waals surface area contributed by atoms with Gasteiger partial charge < -0.3 is 15.6 Å². The van der Waals surface area contributed by atoms with Crippen LogP contribution in [0.5, 0.6) is 0 Å². The smallest absolute Gasteiger partial charge is 0.314 e. The first-order chi connectivity index (χ1) is 8.99. The van der Waals surface area contributed by atoms with E-state index in [9.17, 15) is 9.90 Å². The van der Waals surface area contributed by atoms with Gasteiger partial charge in [-0.1, -0.05) is 24.6 Å². The van der Waals surface area contributed by atoms with Gasteiger partial charge in [-0.3, -0.25) is 4.79 Å². The third kappa shape index (κ3) is 2.45. The van der Waals surface area contributed by atoms with E-state index in [2.05, 4.69) is 0 Å². The molecule has 3 N–H and O–H groups in total. The number of aliphatic carboxylic acids is 1. The fraction of sp³-hybridized carbons (Fsp3) is 0.533. The van der Waals surface area contributed by atoms with E-state index in [1.165, 1.54) is 0 Å². The van der Waals surface area contributed by atoms with Crippen LogP contribution in [-0.2, 0) is 14.9 Å². The van der Waals surface area contributed by atoms with E-state index in [-0.39, 0.29) is 6.10 Å². The van der Waals surface area contributed by atoms with Crippen LogP contribution in [0.25, 0.3) is 0 Å². The van der Waals surface area contributed by atoms with Crippen molar-refractivity contribution in [1.29, 1.82) is 0 Å². The Morgan fingerprint density at radius 1 is 1.58 bits per heavy atom. The molecular formula is C15H21NO3. The van der Waals surface area contributed by atoms with E-state index in [0.29, 0.717) is 25.1 Å². The Kier molecular flexibility index (Phi) is 3.80. The van der Waals surface area contributed by atoms with Crippen LogP contribution < -0.4 is 5.73 Å². The zero-order valence-corrected chi connectivity index (χ0v) is 11.5. The molecule has 0 bridgehead atoms. The third-order valence-corrected chi connectivity index (χ3v) is 4.05. The molecule has 4 heteroatoms. The molecule has 19 heavy (non-hydrogen) atoms. The van der Waals surface area contributed by atoms with Crippen LogP contribution in [0.3, 0.4) is 0 Å². The second-order valence-corrected chi connectivity index (χ2v) is 5.33. The normalized spacial score (nSPS) is 27.2. The lowest BCUT2D eigenvalue weighted by molar-refractivity contribution is -0.150. The Hall–Kier alpha value is -1.55. The number of carboxylic acid groups (broad SMARTS) is 1. The number of anilines is 1. The SMILES string of the molecule is CCC1CC(C(=O)O)(c2cc(C)ccc2N)CCO1. The number of hydrogen-bond acceptors (Lipinski definition) is 3. The van der Waals surface area contributed by atoms with E-state index in [1.54, 1.807) is 6.07 Å². The van der Waals surface area contributed by atoms with Gasteiger partial charge in [0.1, 0.15) is 0 Å². The molecule has 104 valence electrons. The van der Waals surface area contributed by atoms with Crippen LogP contribution in [-0.4, -0.2) is 23.8 Å². The minimum atomic E-state index is -0.908. The maximum absolute atomic E-state index is 11.9. The highest BCUT2D eigenvalue weighted by atomic mass is 16.5. The number of carbonyl (C=O) groups is 1. The van der Waals surface area contributed by atoms with Crippen LogP contribution in [0.4, 0.5) is 5.69 Å². The summed E-state index contributed by atoms with van der Waals surface area (Å²) in [7, 11) is 0. The van der Waals surface area contributed by atoms with Crippen molar-refractivity contribution in [3.63, 3.8) is 0 Å². The van der Waals surface area contributed by atoms with Crippen LogP contribution in [0, 0.1) is 6.92 Å². The minimum absolute atomic E-state index is 0.00948. The molecule has 0 aliphatic carbocycles. The van der Waals surface area contributed by atoms with Gasteiger partial charge in [0.05, 0.1) is 11.5 Å². The molecule has 1 fully saturated rings. The highest BCUT2D eigenvalue weighted by molar-refractivity contribution is 5.84. The van der Waals surface area contributed by atoms with Crippen LogP contribution in [0.2, 0.25) is 0 Å². The van der Waals surface area contributed by atoms with Crippen LogP contribution >= 0.6 is 0 Å². The quantitative estimate of drug-likeness (QED) is 0.822. The monoisotopic (exact) mass is 263 g/mol. The summed E-state index contributed by atoms with van der Waals surface area (Å²) in [6, 6.07) is 5.61. The zero-order valence-electron chi connectivity index (χ0n) is 11.5. The fourth-order valence-corrected chi connectivity index (χ4v) is 2.85. The molecule has 1 heterocycles. The molecule has 0 amide bonds. The minimum Gasteiger partial charge on any atom is -0.481 e. The molecule has 0 spiro atoms. The molecule has 4 nitrogen and oxygen atoms in total. The van der Waals surface area contributed by atoms with Crippen molar-refractivity contribution in [2.45, 2.75) is 44.6 Å². The molecule has 0 radical (unpaired) electrons. The molecule has 0 saturated carbocycles. The van der Waals surface area contributed by atoms with Crippen LogP contribution in [0.15, 0.2) is 18.2 Å². The molecule has 1 aliphatic heterocycles. The lowest BCUT2D eigenvalue weighted by atomic mass is 9.71. The topological polar surface area (TPSA) is 72.5 Å². The van der Waals surface area contributed by atoms with Gasteiger partial charge >= 0.3 is 5.97 Å². The van der Waals surface area contributed by atoms with Crippen molar-refractivity contribution in [1.82, 2.24) is 0 Å². The van der Waals surface area contributed by atoms with Crippen molar-refractivity contribution < 1.29 is 14.6 Å². The molecule has 2 unspecified atom stereocenters. The van der Waals surface area contributed by atoms with Crippen LogP contribution in [0.1, 0.15) is 37.3 Å². The molecule has 1 aromatic carbocycles. The summed E-state index contributed by atoms with van der Waals surface area (Å²) in [5.74, 6) is -0.799. The van der Waals surface area contributed by atoms with E-state index in [0.717, 1.165) is 17.5 Å². The average molecular weight is 263 g/mol. The molecule has 0 aromatic heterocycles. The van der Waals surface area contributed by atoms with Gasteiger partial charge in [-0.05, 0) is 37.8 Å². The van der Waals surface area contributed by atoms with Crippen molar-refractivity contribution in [2.24, 2.45) is 0 Å². The van der Waals surface area contributed by atoms with Gasteiger partial charge in [0, 0.05) is 12.3 Å². The molecule has 2 rings (SSSR count). The molecule has 1 aromatic rings. The van der Waals surface area contributed by atoms with Gasteiger partial charge in [0.15, 0.2) is 0 Å². The zero-order chi connectivity index (χ0) is 14.0. The summed E-state index contributed by atoms with van der Waals surface area (Å²) in [5.41, 5.74) is 7.45. The Bertz CT molecular complexity index is 486. The number of benzene rings is 1. The lowest BCUT2D eigenvalue weighted by Crippen LogP contribution is -2.45. The van der Waals surface area contributed by atoms with Crippen molar-refractivity contribution in [2.75, 3.05) is 12.3 Å². The number of ether oxygens (including phenoxy) is 1. The largest absolute Gasteiger partial charge is 0.481 e. The Labute approximate surface area is 113 Å². The maximum atomic E-state index is 11.9. The fourth-order valence-electron chi connectivity index (χ4n) is 2.85. The van der Waals surface area contributed by atoms with E-state index < -0.39 is 11.4 Å². The van der Waals surface area contributed by atoms with Crippen molar-refractivity contribution in [3.05, 3.63) is 29.3 Å². The number of aryl methyl sites for hydroxylation is 1. The van der Waals surface area contributed by atoms with Gasteiger partial charge in [0.2, 0.25) is 0 Å². The first-order valence-electron chi connectivity index (χ1n) is 6.71. The van der Waals surface area contributed by atoms with Crippen molar-refractivity contribution >= 4 is 11.7 Å². The molecular weight excluding hydrogens is 242 g/mol. The summed E-state index contributed by atoms with van der Waals surface area (Å²) >= 11 is 0. The molecule has 1 aliphatic rings. The Morgan fingerprint density at radius 3 is 2.95 bits per heavy atom. The van der Waals surface area contributed by atoms with Gasteiger partial charge in [-0.2, -0.15) is 0 Å². The van der Waals surface area contributed by atoms with E-state index >= 15 is 0 Å². The van der Waals surface area contributed by atoms with Crippen molar-refractivity contribution in [3.8, 4) is 0 Å². The second kappa shape index (κ2) is 5.21.